The van der Waals surface area contributed by atoms with Gasteiger partial charge in [-0.15, -0.1) is 0 Å². The molecule has 0 aromatic rings. The Bertz CT molecular complexity index is 443. The smallest absolute Gasteiger partial charge is 0.311 e. The van der Waals surface area contributed by atoms with Gasteiger partial charge in [0.2, 0.25) is 0 Å². The number of fused-ring (bicyclic) bond motifs is 5. The summed E-state index contributed by atoms with van der Waals surface area (Å²) in [6.07, 6.45) is 8.65. The number of hydrogen-bond donors (Lipinski definition) is 1. The third-order valence-corrected chi connectivity index (χ3v) is 4.71. The van der Waals surface area contributed by atoms with Crippen molar-refractivity contribution in [1.82, 2.24) is 0 Å². The highest BCUT2D eigenvalue weighted by Gasteiger charge is 2.52. The molecule has 6 atom stereocenters. The van der Waals surface area contributed by atoms with Gasteiger partial charge in [-0.2, -0.15) is 0 Å². The van der Waals surface area contributed by atoms with Crippen LogP contribution in [-0.2, 0) is 9.53 Å². The van der Waals surface area contributed by atoms with Gasteiger partial charge in [0.05, 0.1) is 11.5 Å². The number of hydrogen-bond acceptors (Lipinski definition) is 3. The van der Waals surface area contributed by atoms with Crippen LogP contribution in [0.4, 0.5) is 0 Å². The topological polar surface area (TPSA) is 46.5 Å². The normalized spacial score (nSPS) is 43.4. The molecule has 0 unspecified atom stereocenters. The molecule has 0 radical (unpaired) electrons. The zero-order valence-corrected chi connectivity index (χ0v) is 11.7. The lowest BCUT2D eigenvalue weighted by Gasteiger charge is -2.38. The van der Waals surface area contributed by atoms with Crippen molar-refractivity contribution < 1.29 is 14.6 Å². The summed E-state index contributed by atoms with van der Waals surface area (Å²) in [6.45, 7) is 5.61. The maximum Gasteiger partial charge on any atom is 0.311 e. The predicted molar refractivity (Wildman–Crippen MR) is 72.2 cm³/mol. The molecule has 0 spiro atoms. The molecule has 3 nitrogen and oxygen atoms in total. The molecule has 0 aromatic heterocycles. The molecule has 3 heteroatoms. The summed E-state index contributed by atoms with van der Waals surface area (Å²) in [5.74, 6) is 1.21. The fourth-order valence-electron chi connectivity index (χ4n) is 3.74. The zero-order chi connectivity index (χ0) is 13.8. The summed E-state index contributed by atoms with van der Waals surface area (Å²) in [6, 6.07) is 0. The molecule has 3 aliphatic rings. The van der Waals surface area contributed by atoms with Gasteiger partial charge >= 0.3 is 5.97 Å². The van der Waals surface area contributed by atoms with Crippen molar-refractivity contribution in [3.8, 4) is 0 Å². The van der Waals surface area contributed by atoms with E-state index in [-0.39, 0.29) is 23.9 Å². The van der Waals surface area contributed by atoms with Crippen LogP contribution >= 0.6 is 0 Å². The number of aliphatic hydroxyl groups is 1. The monoisotopic (exact) mass is 262 g/mol. The van der Waals surface area contributed by atoms with Gasteiger partial charge in [0.25, 0.3) is 0 Å². The van der Waals surface area contributed by atoms with E-state index in [1.54, 1.807) is 6.08 Å². The molecule has 1 saturated carbocycles. The molecule has 2 bridgehead atoms. The standard InChI is InChI=1S/C16H22O3/c1-16(2,3)15(18)19-12-7-6-11(17)13-9-4-5-10(8-9)14(12)13/h4-7,9-14,17H,8H2,1-3H3/t9-,10+,11+,12-,13+,14-/m0/s1. The molecule has 0 saturated heterocycles. The van der Waals surface area contributed by atoms with Crippen LogP contribution in [-0.4, -0.2) is 23.3 Å². The molecule has 1 fully saturated rings. The summed E-state index contributed by atoms with van der Waals surface area (Å²) < 4.78 is 5.70. The molecular weight excluding hydrogens is 240 g/mol. The maximum atomic E-state index is 12.1. The summed E-state index contributed by atoms with van der Waals surface area (Å²) in [7, 11) is 0. The fourth-order valence-corrected chi connectivity index (χ4v) is 3.74. The van der Waals surface area contributed by atoms with Crippen molar-refractivity contribution >= 4 is 5.97 Å². The van der Waals surface area contributed by atoms with Crippen molar-refractivity contribution in [2.75, 3.05) is 0 Å². The van der Waals surface area contributed by atoms with E-state index in [1.165, 1.54) is 0 Å². The van der Waals surface area contributed by atoms with Crippen molar-refractivity contribution in [3.63, 3.8) is 0 Å². The highest BCUT2D eigenvalue weighted by atomic mass is 16.5. The first kappa shape index (κ1) is 12.9. The minimum Gasteiger partial charge on any atom is -0.457 e. The van der Waals surface area contributed by atoms with Crippen LogP contribution in [0.2, 0.25) is 0 Å². The molecule has 1 N–H and O–H groups in total. The van der Waals surface area contributed by atoms with Gasteiger partial charge in [0.15, 0.2) is 0 Å². The van der Waals surface area contributed by atoms with Crippen molar-refractivity contribution in [2.45, 2.75) is 39.4 Å². The molecule has 104 valence electrons. The summed E-state index contributed by atoms with van der Waals surface area (Å²) >= 11 is 0. The van der Waals surface area contributed by atoms with Crippen LogP contribution in [0, 0.1) is 29.1 Å². The lowest BCUT2D eigenvalue weighted by molar-refractivity contribution is -0.161. The Morgan fingerprint density at radius 1 is 1.11 bits per heavy atom. The lowest BCUT2D eigenvalue weighted by atomic mass is 9.73. The minimum absolute atomic E-state index is 0.163. The SMILES string of the molecule is CC(C)(C)C(=O)O[C@H]1C=C[C@@H](O)[C@@H]2[C@H]1[C@@H]1C=C[C@H]2C1. The second-order valence-electron chi connectivity index (χ2n) is 7.10. The van der Waals surface area contributed by atoms with E-state index in [2.05, 4.69) is 12.2 Å². The fraction of sp³-hybridized carbons (Fsp3) is 0.688. The number of ether oxygens (including phenoxy) is 1. The Kier molecular flexibility index (Phi) is 2.86. The molecule has 0 aromatic carbocycles. The number of allylic oxidation sites excluding steroid dienone is 2. The van der Waals surface area contributed by atoms with Gasteiger partial charge in [-0.1, -0.05) is 18.2 Å². The lowest BCUT2D eigenvalue weighted by Crippen LogP contribution is -2.43. The van der Waals surface area contributed by atoms with E-state index in [4.69, 9.17) is 4.74 Å². The second-order valence-corrected chi connectivity index (χ2v) is 7.10. The van der Waals surface area contributed by atoms with Crippen LogP contribution in [0.1, 0.15) is 27.2 Å². The number of carbonyl (C=O) groups excluding carboxylic acids is 1. The van der Waals surface area contributed by atoms with Crippen molar-refractivity contribution in [2.24, 2.45) is 29.1 Å². The number of aliphatic hydroxyl groups excluding tert-OH is 1. The highest BCUT2D eigenvalue weighted by molar-refractivity contribution is 5.75. The van der Waals surface area contributed by atoms with Crippen molar-refractivity contribution in [1.29, 1.82) is 0 Å². The summed E-state index contributed by atoms with van der Waals surface area (Å²) in [5.41, 5.74) is -0.479. The number of rotatable bonds is 1. The van der Waals surface area contributed by atoms with Gasteiger partial charge < -0.3 is 9.84 Å². The van der Waals surface area contributed by atoms with Gasteiger partial charge in [-0.25, -0.2) is 0 Å². The van der Waals surface area contributed by atoms with Crippen LogP contribution < -0.4 is 0 Å². The Morgan fingerprint density at radius 2 is 1.74 bits per heavy atom. The average Bonchev–Trinajstić information content (AvgIpc) is 2.92. The zero-order valence-electron chi connectivity index (χ0n) is 11.7. The van der Waals surface area contributed by atoms with Gasteiger partial charge in [-0.3, -0.25) is 4.79 Å². The Morgan fingerprint density at radius 3 is 2.37 bits per heavy atom. The first-order valence-corrected chi connectivity index (χ1v) is 7.14. The van der Waals surface area contributed by atoms with Gasteiger partial charge in [-0.05, 0) is 45.1 Å². The third kappa shape index (κ3) is 2.04. The van der Waals surface area contributed by atoms with E-state index < -0.39 is 11.5 Å². The van der Waals surface area contributed by atoms with E-state index in [0.29, 0.717) is 11.8 Å². The van der Waals surface area contributed by atoms with Gasteiger partial charge in [0.1, 0.15) is 6.10 Å². The van der Waals surface area contributed by atoms with Crippen LogP contribution in [0.5, 0.6) is 0 Å². The van der Waals surface area contributed by atoms with Crippen molar-refractivity contribution in [3.05, 3.63) is 24.3 Å². The summed E-state index contributed by atoms with van der Waals surface area (Å²) in [4.78, 5) is 12.1. The molecule has 3 rings (SSSR count). The number of carbonyl (C=O) groups is 1. The van der Waals surface area contributed by atoms with Crippen LogP contribution in [0.15, 0.2) is 24.3 Å². The largest absolute Gasteiger partial charge is 0.457 e. The van der Waals surface area contributed by atoms with E-state index in [1.807, 2.05) is 26.8 Å². The summed E-state index contributed by atoms with van der Waals surface area (Å²) in [5, 5.41) is 10.2. The molecule has 0 aliphatic heterocycles. The molecule has 19 heavy (non-hydrogen) atoms. The predicted octanol–water partition coefficient (Wildman–Crippen LogP) is 2.31. The second kappa shape index (κ2) is 4.20. The highest BCUT2D eigenvalue weighted by Crippen LogP contribution is 2.53. The van der Waals surface area contributed by atoms with E-state index >= 15 is 0 Å². The molecular formula is C16H22O3. The van der Waals surface area contributed by atoms with E-state index in [9.17, 15) is 9.90 Å². The minimum atomic E-state index is -0.479. The van der Waals surface area contributed by atoms with E-state index in [0.717, 1.165) is 6.42 Å². The Hall–Kier alpha value is -1.09. The average molecular weight is 262 g/mol. The molecule has 0 amide bonds. The first-order chi connectivity index (χ1) is 8.88. The molecule has 3 aliphatic carbocycles. The maximum absolute atomic E-state index is 12.1. The Labute approximate surface area is 114 Å². The van der Waals surface area contributed by atoms with Crippen LogP contribution in [0.25, 0.3) is 0 Å². The first-order valence-electron chi connectivity index (χ1n) is 7.14. The van der Waals surface area contributed by atoms with Gasteiger partial charge in [0, 0.05) is 11.8 Å². The number of esters is 1. The quantitative estimate of drug-likeness (QED) is 0.582. The Balaban J connectivity index is 1.81. The molecule has 0 heterocycles. The third-order valence-electron chi connectivity index (χ3n) is 4.71. The van der Waals surface area contributed by atoms with Crippen LogP contribution in [0.3, 0.4) is 0 Å².